The fourth-order valence-electron chi connectivity index (χ4n) is 1.66. The summed E-state index contributed by atoms with van der Waals surface area (Å²) in [5.74, 6) is 1.57. The highest BCUT2D eigenvalue weighted by Crippen LogP contribution is 2.27. The van der Waals surface area contributed by atoms with Gasteiger partial charge in [0.05, 0.1) is 0 Å². The second-order valence-corrected chi connectivity index (χ2v) is 6.59. The third-order valence-electron chi connectivity index (χ3n) is 2.43. The number of nitrogens with zero attached hydrogens (tertiary/aromatic N) is 1. The van der Waals surface area contributed by atoms with Gasteiger partial charge in [-0.15, -0.1) is 11.3 Å². The maximum Gasteiger partial charge on any atom is 0.226 e. The van der Waals surface area contributed by atoms with E-state index < -0.39 is 0 Å². The van der Waals surface area contributed by atoms with Gasteiger partial charge in [-0.25, -0.2) is 4.98 Å². The van der Waals surface area contributed by atoms with E-state index in [9.17, 15) is 4.79 Å². The molecular formula is C14H18N2O2S. The Hall–Kier alpha value is -1.62. The molecule has 0 radical (unpaired) electrons. The number of furan rings is 1. The lowest BCUT2D eigenvalue weighted by molar-refractivity contribution is -0.117. The minimum atomic E-state index is -0.0255. The van der Waals surface area contributed by atoms with Crippen LogP contribution in [0.25, 0.3) is 11.5 Å². The van der Waals surface area contributed by atoms with E-state index in [1.165, 1.54) is 11.3 Å². The van der Waals surface area contributed by atoms with E-state index in [4.69, 9.17) is 4.42 Å². The highest BCUT2D eigenvalue weighted by molar-refractivity contribution is 7.14. The minimum absolute atomic E-state index is 0.0102. The van der Waals surface area contributed by atoms with Crippen molar-refractivity contribution in [3.05, 3.63) is 23.3 Å². The molecule has 0 aliphatic carbocycles. The van der Waals surface area contributed by atoms with Crippen molar-refractivity contribution in [2.75, 3.05) is 5.32 Å². The molecule has 0 saturated carbocycles. The van der Waals surface area contributed by atoms with Gasteiger partial charge in [-0.2, -0.15) is 0 Å². The standard InChI is InChI=1S/C14H18N2O2S/c1-9-5-6-11(18-9)10-8-19-13(15-10)16-12(17)7-14(2,3)4/h5-6,8H,7H2,1-4H3,(H,15,16,17). The van der Waals surface area contributed by atoms with Crippen LogP contribution in [0.5, 0.6) is 0 Å². The lowest BCUT2D eigenvalue weighted by Crippen LogP contribution is -2.19. The van der Waals surface area contributed by atoms with Crippen LogP contribution in [0.1, 0.15) is 33.0 Å². The quantitative estimate of drug-likeness (QED) is 0.920. The van der Waals surface area contributed by atoms with Crippen molar-refractivity contribution in [3.63, 3.8) is 0 Å². The van der Waals surface area contributed by atoms with Crippen molar-refractivity contribution < 1.29 is 9.21 Å². The molecule has 0 aliphatic rings. The van der Waals surface area contributed by atoms with Crippen LogP contribution in [0, 0.1) is 12.3 Å². The molecule has 0 atom stereocenters. The number of hydrogen-bond donors (Lipinski definition) is 1. The molecule has 2 rings (SSSR count). The molecule has 0 aromatic carbocycles. The van der Waals surface area contributed by atoms with Crippen LogP contribution in [-0.4, -0.2) is 10.9 Å². The second-order valence-electron chi connectivity index (χ2n) is 5.73. The number of thiazole rings is 1. The molecule has 102 valence electrons. The lowest BCUT2D eigenvalue weighted by Gasteiger charge is -2.16. The molecular weight excluding hydrogens is 260 g/mol. The zero-order valence-corrected chi connectivity index (χ0v) is 12.4. The largest absolute Gasteiger partial charge is 0.460 e. The second kappa shape index (κ2) is 5.17. The number of rotatable bonds is 3. The van der Waals surface area contributed by atoms with Gasteiger partial charge in [0.15, 0.2) is 10.9 Å². The van der Waals surface area contributed by atoms with Crippen LogP contribution in [-0.2, 0) is 4.79 Å². The minimum Gasteiger partial charge on any atom is -0.460 e. The van der Waals surface area contributed by atoms with Crippen LogP contribution in [0.2, 0.25) is 0 Å². The van der Waals surface area contributed by atoms with Gasteiger partial charge in [0.1, 0.15) is 11.5 Å². The normalized spacial score (nSPS) is 11.6. The van der Waals surface area contributed by atoms with Gasteiger partial charge < -0.3 is 9.73 Å². The van der Waals surface area contributed by atoms with E-state index >= 15 is 0 Å². The van der Waals surface area contributed by atoms with Gasteiger partial charge in [-0.3, -0.25) is 4.79 Å². The summed E-state index contributed by atoms with van der Waals surface area (Å²) < 4.78 is 5.50. The van der Waals surface area contributed by atoms with Gasteiger partial charge in [0.2, 0.25) is 5.91 Å². The van der Waals surface area contributed by atoms with Gasteiger partial charge in [-0.05, 0) is 24.5 Å². The third-order valence-corrected chi connectivity index (χ3v) is 3.19. The van der Waals surface area contributed by atoms with Crippen LogP contribution in [0.3, 0.4) is 0 Å². The van der Waals surface area contributed by atoms with Gasteiger partial charge in [0, 0.05) is 11.8 Å². The molecule has 4 nitrogen and oxygen atoms in total. The maximum absolute atomic E-state index is 11.8. The fourth-order valence-corrected chi connectivity index (χ4v) is 2.38. The number of nitrogens with one attached hydrogen (secondary N) is 1. The highest BCUT2D eigenvalue weighted by Gasteiger charge is 2.17. The summed E-state index contributed by atoms with van der Waals surface area (Å²) in [7, 11) is 0. The summed E-state index contributed by atoms with van der Waals surface area (Å²) in [6, 6.07) is 3.78. The van der Waals surface area contributed by atoms with E-state index in [1.54, 1.807) is 0 Å². The topological polar surface area (TPSA) is 55.1 Å². The molecule has 0 fully saturated rings. The number of aromatic nitrogens is 1. The number of carbonyl (C=O) groups excluding carboxylic acids is 1. The Balaban J connectivity index is 2.04. The van der Waals surface area contributed by atoms with Crippen LogP contribution in [0.4, 0.5) is 5.13 Å². The molecule has 0 aliphatic heterocycles. The number of anilines is 1. The monoisotopic (exact) mass is 278 g/mol. The Morgan fingerprint density at radius 3 is 2.74 bits per heavy atom. The predicted molar refractivity (Wildman–Crippen MR) is 77.3 cm³/mol. The molecule has 0 spiro atoms. The average molecular weight is 278 g/mol. The zero-order chi connectivity index (χ0) is 14.0. The van der Waals surface area contributed by atoms with Crippen molar-refractivity contribution >= 4 is 22.4 Å². The van der Waals surface area contributed by atoms with Gasteiger partial charge >= 0.3 is 0 Å². The number of hydrogen-bond acceptors (Lipinski definition) is 4. The SMILES string of the molecule is Cc1ccc(-c2csc(NC(=O)CC(C)(C)C)n2)o1. The van der Waals surface area contributed by atoms with Gasteiger partial charge in [0.25, 0.3) is 0 Å². The summed E-state index contributed by atoms with van der Waals surface area (Å²) in [5.41, 5.74) is 0.728. The number of amides is 1. The highest BCUT2D eigenvalue weighted by atomic mass is 32.1. The Kier molecular flexibility index (Phi) is 3.75. The predicted octanol–water partition coefficient (Wildman–Crippen LogP) is 4.09. The molecule has 2 aromatic heterocycles. The summed E-state index contributed by atoms with van der Waals surface area (Å²) in [6.45, 7) is 7.99. The molecule has 0 saturated heterocycles. The average Bonchev–Trinajstić information content (AvgIpc) is 2.83. The van der Waals surface area contributed by atoms with Crippen LogP contribution >= 0.6 is 11.3 Å². The van der Waals surface area contributed by atoms with Crippen molar-refractivity contribution in [2.24, 2.45) is 5.41 Å². The van der Waals surface area contributed by atoms with E-state index in [-0.39, 0.29) is 11.3 Å². The first kappa shape index (κ1) is 13.8. The Labute approximate surface area is 116 Å². The number of aryl methyl sites for hydroxylation is 1. The van der Waals surface area contributed by atoms with E-state index in [0.717, 1.165) is 17.2 Å². The van der Waals surface area contributed by atoms with Crippen molar-refractivity contribution in [1.82, 2.24) is 4.98 Å². The molecule has 2 aromatic rings. The first-order valence-corrected chi connectivity index (χ1v) is 7.04. The Bertz CT molecular complexity index is 578. The van der Waals surface area contributed by atoms with E-state index in [0.29, 0.717) is 11.6 Å². The third kappa shape index (κ3) is 3.92. The molecule has 19 heavy (non-hydrogen) atoms. The first-order valence-electron chi connectivity index (χ1n) is 6.16. The summed E-state index contributed by atoms with van der Waals surface area (Å²) in [4.78, 5) is 16.2. The van der Waals surface area contributed by atoms with Crippen molar-refractivity contribution in [2.45, 2.75) is 34.1 Å². The van der Waals surface area contributed by atoms with E-state index in [1.807, 2.05) is 45.2 Å². The number of carbonyl (C=O) groups is 1. The van der Waals surface area contributed by atoms with Crippen molar-refractivity contribution in [3.8, 4) is 11.5 Å². The molecule has 1 N–H and O–H groups in total. The lowest BCUT2D eigenvalue weighted by atomic mass is 9.92. The molecule has 0 unspecified atom stereocenters. The van der Waals surface area contributed by atoms with Crippen LogP contribution < -0.4 is 5.32 Å². The smallest absolute Gasteiger partial charge is 0.226 e. The summed E-state index contributed by atoms with van der Waals surface area (Å²) in [6.07, 6.45) is 0.474. The Morgan fingerprint density at radius 1 is 1.42 bits per heavy atom. The Morgan fingerprint density at radius 2 is 2.16 bits per heavy atom. The molecule has 0 bridgehead atoms. The maximum atomic E-state index is 11.8. The molecule has 1 amide bonds. The first-order chi connectivity index (χ1) is 8.83. The zero-order valence-electron chi connectivity index (χ0n) is 11.6. The molecule has 5 heteroatoms. The van der Waals surface area contributed by atoms with Crippen molar-refractivity contribution in [1.29, 1.82) is 0 Å². The van der Waals surface area contributed by atoms with Crippen LogP contribution in [0.15, 0.2) is 21.9 Å². The fraction of sp³-hybridized carbons (Fsp3) is 0.429. The van der Waals surface area contributed by atoms with E-state index in [2.05, 4.69) is 10.3 Å². The summed E-state index contributed by atoms with van der Waals surface area (Å²) in [5, 5.41) is 5.31. The summed E-state index contributed by atoms with van der Waals surface area (Å²) >= 11 is 1.40. The molecule has 2 heterocycles. The van der Waals surface area contributed by atoms with Gasteiger partial charge in [-0.1, -0.05) is 20.8 Å².